The summed E-state index contributed by atoms with van der Waals surface area (Å²) in [6, 6.07) is 9.89. The van der Waals surface area contributed by atoms with E-state index in [-0.39, 0.29) is 5.91 Å². The van der Waals surface area contributed by atoms with Gasteiger partial charge in [0.15, 0.2) is 0 Å². The van der Waals surface area contributed by atoms with Crippen LogP contribution in [0, 0.1) is 0 Å². The minimum atomic E-state index is -0.0979. The number of hydrogen-bond acceptors (Lipinski definition) is 2. The molecule has 0 saturated carbocycles. The predicted octanol–water partition coefficient (Wildman–Crippen LogP) is 4.52. The molecule has 1 aromatic heterocycles. The van der Waals surface area contributed by atoms with Crippen LogP contribution in [-0.4, -0.2) is 5.91 Å². The molecule has 1 heterocycles. The Bertz CT molecular complexity index is 570. The SMILES string of the molecule is CC(C)c1ccccc1NC(=O)/C=C/c1ccsc1. The lowest BCUT2D eigenvalue weighted by Gasteiger charge is -2.12. The van der Waals surface area contributed by atoms with E-state index in [0.29, 0.717) is 5.92 Å². The quantitative estimate of drug-likeness (QED) is 0.814. The van der Waals surface area contributed by atoms with Gasteiger partial charge in [-0.3, -0.25) is 4.79 Å². The van der Waals surface area contributed by atoms with Gasteiger partial charge in [-0.1, -0.05) is 32.0 Å². The predicted molar refractivity (Wildman–Crippen MR) is 82.5 cm³/mol. The summed E-state index contributed by atoms with van der Waals surface area (Å²) in [5.41, 5.74) is 3.09. The molecule has 1 N–H and O–H groups in total. The van der Waals surface area contributed by atoms with Gasteiger partial charge in [0, 0.05) is 11.8 Å². The molecular weight excluding hydrogens is 254 g/mol. The second-order valence-corrected chi connectivity index (χ2v) is 5.40. The molecule has 98 valence electrons. The fraction of sp³-hybridized carbons (Fsp3) is 0.188. The molecule has 1 amide bonds. The van der Waals surface area contributed by atoms with Gasteiger partial charge in [-0.2, -0.15) is 11.3 Å². The van der Waals surface area contributed by atoms with Crippen molar-refractivity contribution >= 4 is 29.0 Å². The highest BCUT2D eigenvalue weighted by Gasteiger charge is 2.07. The molecular formula is C16H17NOS. The third-order valence-electron chi connectivity index (χ3n) is 2.81. The van der Waals surface area contributed by atoms with Crippen LogP contribution in [0.15, 0.2) is 47.2 Å². The first kappa shape index (κ1) is 13.6. The summed E-state index contributed by atoms with van der Waals surface area (Å²) < 4.78 is 0. The molecule has 2 aromatic rings. The molecule has 3 heteroatoms. The molecule has 0 spiro atoms. The van der Waals surface area contributed by atoms with Crippen molar-refractivity contribution in [3.63, 3.8) is 0 Å². The zero-order chi connectivity index (χ0) is 13.7. The summed E-state index contributed by atoms with van der Waals surface area (Å²) >= 11 is 1.62. The van der Waals surface area contributed by atoms with Crippen LogP contribution in [0.5, 0.6) is 0 Å². The maximum Gasteiger partial charge on any atom is 0.248 e. The summed E-state index contributed by atoms with van der Waals surface area (Å²) in [5, 5.41) is 6.93. The molecule has 0 aliphatic rings. The lowest BCUT2D eigenvalue weighted by molar-refractivity contribution is -0.111. The van der Waals surface area contributed by atoms with Crippen molar-refractivity contribution in [2.75, 3.05) is 5.32 Å². The number of thiophene rings is 1. The van der Waals surface area contributed by atoms with Crippen LogP contribution >= 0.6 is 11.3 Å². The number of rotatable bonds is 4. The molecule has 2 rings (SSSR count). The van der Waals surface area contributed by atoms with E-state index in [1.807, 2.05) is 47.2 Å². The Kier molecular flexibility index (Phi) is 4.53. The van der Waals surface area contributed by atoms with Crippen LogP contribution in [0.2, 0.25) is 0 Å². The summed E-state index contributed by atoms with van der Waals surface area (Å²) in [6.45, 7) is 4.23. The van der Waals surface area contributed by atoms with Gasteiger partial charge in [-0.25, -0.2) is 0 Å². The summed E-state index contributed by atoms with van der Waals surface area (Å²) in [7, 11) is 0. The van der Waals surface area contributed by atoms with E-state index in [4.69, 9.17) is 0 Å². The topological polar surface area (TPSA) is 29.1 Å². The van der Waals surface area contributed by atoms with E-state index in [1.165, 1.54) is 0 Å². The van der Waals surface area contributed by atoms with Gasteiger partial charge in [-0.15, -0.1) is 0 Å². The fourth-order valence-corrected chi connectivity index (χ4v) is 2.46. The number of nitrogens with one attached hydrogen (secondary N) is 1. The van der Waals surface area contributed by atoms with E-state index in [0.717, 1.165) is 16.8 Å². The van der Waals surface area contributed by atoms with Gasteiger partial charge in [0.05, 0.1) is 0 Å². The Balaban J connectivity index is 2.07. The summed E-state index contributed by atoms with van der Waals surface area (Å²) in [5.74, 6) is 0.289. The van der Waals surface area contributed by atoms with E-state index in [1.54, 1.807) is 17.4 Å². The first-order chi connectivity index (χ1) is 9.16. The van der Waals surface area contributed by atoms with E-state index < -0.39 is 0 Å². The molecule has 0 saturated heterocycles. The van der Waals surface area contributed by atoms with Crippen molar-refractivity contribution in [2.24, 2.45) is 0 Å². The first-order valence-corrected chi connectivity index (χ1v) is 7.21. The van der Waals surface area contributed by atoms with Crippen molar-refractivity contribution in [3.05, 3.63) is 58.3 Å². The van der Waals surface area contributed by atoms with Gasteiger partial charge >= 0.3 is 0 Å². The van der Waals surface area contributed by atoms with Gasteiger partial charge in [0.25, 0.3) is 0 Å². The lowest BCUT2D eigenvalue weighted by atomic mass is 10.0. The molecule has 2 nitrogen and oxygen atoms in total. The van der Waals surface area contributed by atoms with Crippen LogP contribution in [-0.2, 0) is 4.79 Å². The number of carbonyl (C=O) groups excluding carboxylic acids is 1. The molecule has 0 bridgehead atoms. The van der Waals surface area contributed by atoms with Crippen molar-refractivity contribution in [2.45, 2.75) is 19.8 Å². The Hall–Kier alpha value is -1.87. The molecule has 0 aliphatic carbocycles. The molecule has 0 radical (unpaired) electrons. The van der Waals surface area contributed by atoms with Gasteiger partial charge < -0.3 is 5.32 Å². The lowest BCUT2D eigenvalue weighted by Crippen LogP contribution is -2.10. The minimum absolute atomic E-state index is 0.0979. The third kappa shape index (κ3) is 3.80. The van der Waals surface area contributed by atoms with Crippen LogP contribution < -0.4 is 5.32 Å². The van der Waals surface area contributed by atoms with Gasteiger partial charge in [0.2, 0.25) is 5.91 Å². The van der Waals surface area contributed by atoms with Gasteiger partial charge in [0.1, 0.15) is 0 Å². The van der Waals surface area contributed by atoms with E-state index in [2.05, 4.69) is 19.2 Å². The third-order valence-corrected chi connectivity index (χ3v) is 3.51. The summed E-state index contributed by atoms with van der Waals surface area (Å²) in [6.07, 6.45) is 3.39. The molecule has 19 heavy (non-hydrogen) atoms. The number of hydrogen-bond donors (Lipinski definition) is 1. The number of para-hydroxylation sites is 1. The largest absolute Gasteiger partial charge is 0.322 e. The van der Waals surface area contributed by atoms with E-state index >= 15 is 0 Å². The van der Waals surface area contributed by atoms with Gasteiger partial charge in [-0.05, 0) is 46.0 Å². The highest BCUT2D eigenvalue weighted by molar-refractivity contribution is 7.08. The highest BCUT2D eigenvalue weighted by atomic mass is 32.1. The molecule has 0 atom stereocenters. The number of anilines is 1. The fourth-order valence-electron chi connectivity index (χ4n) is 1.83. The molecule has 0 unspecified atom stereocenters. The Morgan fingerprint density at radius 1 is 1.26 bits per heavy atom. The van der Waals surface area contributed by atoms with Crippen LogP contribution in [0.25, 0.3) is 6.08 Å². The Labute approximate surface area is 117 Å². The number of carbonyl (C=O) groups is 1. The monoisotopic (exact) mass is 271 g/mol. The van der Waals surface area contributed by atoms with Crippen LogP contribution in [0.4, 0.5) is 5.69 Å². The second-order valence-electron chi connectivity index (χ2n) is 4.62. The number of amides is 1. The normalized spacial score (nSPS) is 11.1. The highest BCUT2D eigenvalue weighted by Crippen LogP contribution is 2.23. The average molecular weight is 271 g/mol. The molecule has 1 aromatic carbocycles. The average Bonchev–Trinajstić information content (AvgIpc) is 2.90. The van der Waals surface area contributed by atoms with Crippen molar-refractivity contribution in [1.29, 1.82) is 0 Å². The first-order valence-electron chi connectivity index (χ1n) is 6.27. The van der Waals surface area contributed by atoms with Crippen LogP contribution in [0.1, 0.15) is 30.9 Å². The molecule has 0 fully saturated rings. The van der Waals surface area contributed by atoms with Crippen molar-refractivity contribution in [3.8, 4) is 0 Å². The maximum absolute atomic E-state index is 11.9. The maximum atomic E-state index is 11.9. The summed E-state index contributed by atoms with van der Waals surface area (Å²) in [4.78, 5) is 11.9. The Morgan fingerprint density at radius 3 is 2.74 bits per heavy atom. The zero-order valence-corrected chi connectivity index (χ0v) is 11.9. The zero-order valence-electron chi connectivity index (χ0n) is 11.1. The van der Waals surface area contributed by atoms with Crippen LogP contribution in [0.3, 0.4) is 0 Å². The Morgan fingerprint density at radius 2 is 2.05 bits per heavy atom. The number of benzene rings is 1. The second kappa shape index (κ2) is 6.34. The smallest absolute Gasteiger partial charge is 0.248 e. The minimum Gasteiger partial charge on any atom is -0.322 e. The molecule has 0 aliphatic heterocycles. The van der Waals surface area contributed by atoms with Crippen molar-refractivity contribution in [1.82, 2.24) is 0 Å². The van der Waals surface area contributed by atoms with E-state index in [9.17, 15) is 4.79 Å². The van der Waals surface area contributed by atoms with Crippen molar-refractivity contribution < 1.29 is 4.79 Å². The standard InChI is InChI=1S/C16H17NOS/c1-12(2)14-5-3-4-6-15(14)17-16(18)8-7-13-9-10-19-11-13/h3-12H,1-2H3,(H,17,18)/b8-7+.